The summed E-state index contributed by atoms with van der Waals surface area (Å²) in [5.41, 5.74) is 7.15. The molecule has 25 heavy (non-hydrogen) atoms. The summed E-state index contributed by atoms with van der Waals surface area (Å²) in [6.07, 6.45) is 23.8. The van der Waals surface area contributed by atoms with Gasteiger partial charge in [0.25, 0.3) is 0 Å². The van der Waals surface area contributed by atoms with Crippen LogP contribution < -0.4 is 0 Å². The number of allylic oxidation sites excluding steroid dienone is 12. The van der Waals surface area contributed by atoms with Crippen molar-refractivity contribution in [3.8, 4) is 0 Å². The molecule has 4 nitrogen and oxygen atoms in total. The smallest absolute Gasteiger partial charge is 0.0659 e. The molecule has 0 saturated heterocycles. The topological polar surface area (TPSA) is 49.4 Å². The van der Waals surface area contributed by atoms with Crippen LogP contribution in [0.5, 0.6) is 0 Å². The molecule has 5 heterocycles. The highest BCUT2D eigenvalue weighted by Crippen LogP contribution is 2.20. The quantitative estimate of drug-likeness (QED) is 0.641. The van der Waals surface area contributed by atoms with Gasteiger partial charge in [-0.2, -0.15) is 0 Å². The average Bonchev–Trinajstić information content (AvgIpc) is 3.32. The van der Waals surface area contributed by atoms with Gasteiger partial charge >= 0.3 is 0 Å². The van der Waals surface area contributed by atoms with Crippen LogP contribution in [0.15, 0.2) is 116 Å². The molecule has 8 bridgehead atoms. The second-order valence-corrected chi connectivity index (χ2v) is 5.76. The first-order chi connectivity index (χ1) is 11.8. The molecular weight excluding hydrogens is 308 g/mol. The molecule has 0 spiro atoms. The highest BCUT2D eigenvalue weighted by molar-refractivity contribution is 6.14. The zero-order valence-electron chi connectivity index (χ0n) is 12.7. The van der Waals surface area contributed by atoms with E-state index in [2.05, 4.69) is 20.0 Å². The van der Waals surface area contributed by atoms with Gasteiger partial charge in [-0.15, -0.1) is 0 Å². The maximum atomic E-state index is 4.59. The number of hydrogen-bond donors (Lipinski definition) is 0. The normalized spacial score (nSPS) is 21.8. The number of aliphatic imine (C=N–C) groups is 4. The van der Waals surface area contributed by atoms with Crippen LogP contribution in [0.3, 0.4) is 0 Å². The van der Waals surface area contributed by atoms with Crippen molar-refractivity contribution >= 4 is 22.8 Å². The molecule has 120 valence electrons. The summed E-state index contributed by atoms with van der Waals surface area (Å²) >= 11 is 0. The predicted octanol–water partition coefficient (Wildman–Crippen LogP) is 4.21. The van der Waals surface area contributed by atoms with Crippen molar-refractivity contribution < 1.29 is 0 Å². The van der Waals surface area contributed by atoms with Gasteiger partial charge in [-0.25, -0.2) is 20.0 Å². The van der Waals surface area contributed by atoms with E-state index in [1.54, 1.807) is 0 Å². The molecule has 4 heteroatoms. The molecule has 0 fully saturated rings. The third-order valence-electron chi connectivity index (χ3n) is 3.92. The SMILES string of the molecule is C.C1=CC2=NC1=CC1=NC(=CC3=NC(=CC4=NC(=C2)C=C4)C=C3)C=C1. The monoisotopic (exact) mass is 324 g/mol. The van der Waals surface area contributed by atoms with E-state index in [-0.39, 0.29) is 7.43 Å². The van der Waals surface area contributed by atoms with Gasteiger partial charge in [0.2, 0.25) is 0 Å². The second-order valence-electron chi connectivity index (χ2n) is 5.76. The lowest BCUT2D eigenvalue weighted by atomic mass is 10.2. The fourth-order valence-corrected chi connectivity index (χ4v) is 2.83. The average molecular weight is 324 g/mol. The minimum absolute atomic E-state index is 0. The van der Waals surface area contributed by atoms with Gasteiger partial charge in [-0.05, 0) is 72.9 Å². The summed E-state index contributed by atoms with van der Waals surface area (Å²) in [5.74, 6) is 0. The standard InChI is InChI=1S/C20H12N4.CH4/c1-2-14-10-16-5-6-18(23-16)12-20-8-7-19(24-20)11-17-4-3-15(22-17)9-13(1)21-14;/h1-12H;1H4. The Hall–Kier alpha value is -3.40. The van der Waals surface area contributed by atoms with Crippen LogP contribution in [0.1, 0.15) is 7.43 Å². The van der Waals surface area contributed by atoms with Crippen molar-refractivity contribution in [2.75, 3.05) is 0 Å². The zero-order valence-corrected chi connectivity index (χ0v) is 12.7. The maximum absolute atomic E-state index is 4.59. The van der Waals surface area contributed by atoms with E-state index in [0.717, 1.165) is 45.6 Å². The lowest BCUT2D eigenvalue weighted by Crippen LogP contribution is -1.89. The Morgan fingerprint density at radius 3 is 0.840 bits per heavy atom. The van der Waals surface area contributed by atoms with E-state index < -0.39 is 0 Å². The third kappa shape index (κ3) is 3.02. The van der Waals surface area contributed by atoms with Crippen LogP contribution in [0, 0.1) is 0 Å². The maximum Gasteiger partial charge on any atom is 0.0659 e. The molecule has 0 radical (unpaired) electrons. The van der Waals surface area contributed by atoms with Gasteiger partial charge in [0.1, 0.15) is 0 Å². The Balaban J connectivity index is 0.00000157. The Labute approximate surface area is 146 Å². The van der Waals surface area contributed by atoms with E-state index in [4.69, 9.17) is 0 Å². The minimum Gasteiger partial charge on any atom is -0.249 e. The first kappa shape index (κ1) is 15.1. The van der Waals surface area contributed by atoms with E-state index in [1.165, 1.54) is 0 Å². The molecule has 0 aliphatic carbocycles. The van der Waals surface area contributed by atoms with Crippen LogP contribution in [0.4, 0.5) is 0 Å². The Morgan fingerprint density at radius 1 is 0.360 bits per heavy atom. The van der Waals surface area contributed by atoms with Gasteiger partial charge in [-0.1, -0.05) is 7.43 Å². The second kappa shape index (κ2) is 5.91. The van der Waals surface area contributed by atoms with E-state index in [1.807, 2.05) is 72.9 Å². The number of rotatable bonds is 0. The Kier molecular flexibility index (Phi) is 3.58. The molecule has 0 aromatic rings. The molecule has 5 aliphatic heterocycles. The minimum atomic E-state index is 0. The summed E-state index contributed by atoms with van der Waals surface area (Å²) in [7, 11) is 0. The fraction of sp³-hybridized carbons (Fsp3) is 0.0476. The zero-order chi connectivity index (χ0) is 15.9. The van der Waals surface area contributed by atoms with E-state index in [9.17, 15) is 0 Å². The van der Waals surface area contributed by atoms with Gasteiger partial charge in [-0.3, -0.25) is 0 Å². The van der Waals surface area contributed by atoms with Gasteiger partial charge in [0.15, 0.2) is 0 Å². The summed E-state index contributed by atoms with van der Waals surface area (Å²) in [6, 6.07) is 0. The number of hydrogen-bond acceptors (Lipinski definition) is 4. The highest BCUT2D eigenvalue weighted by atomic mass is 14.8. The molecule has 0 amide bonds. The van der Waals surface area contributed by atoms with Crippen LogP contribution in [0.25, 0.3) is 0 Å². The van der Waals surface area contributed by atoms with Crippen molar-refractivity contribution in [3.63, 3.8) is 0 Å². The van der Waals surface area contributed by atoms with Gasteiger partial charge < -0.3 is 0 Å². The molecule has 0 unspecified atom stereocenters. The first-order valence-corrected chi connectivity index (χ1v) is 7.74. The van der Waals surface area contributed by atoms with E-state index >= 15 is 0 Å². The van der Waals surface area contributed by atoms with Crippen molar-refractivity contribution in [1.82, 2.24) is 0 Å². The molecule has 5 aliphatic rings. The van der Waals surface area contributed by atoms with Crippen molar-refractivity contribution in [2.24, 2.45) is 20.0 Å². The summed E-state index contributed by atoms with van der Waals surface area (Å²) in [5, 5.41) is 0. The first-order valence-electron chi connectivity index (χ1n) is 7.74. The lowest BCUT2D eigenvalue weighted by molar-refractivity contribution is 1.41. The Morgan fingerprint density at radius 2 is 0.600 bits per heavy atom. The molecule has 0 N–H and O–H groups in total. The summed E-state index contributed by atoms with van der Waals surface area (Å²) < 4.78 is 0. The summed E-state index contributed by atoms with van der Waals surface area (Å²) in [4.78, 5) is 18.4. The molecule has 0 aromatic heterocycles. The van der Waals surface area contributed by atoms with Gasteiger partial charge in [0.05, 0.1) is 45.6 Å². The van der Waals surface area contributed by atoms with Crippen LogP contribution in [0.2, 0.25) is 0 Å². The fourth-order valence-electron chi connectivity index (χ4n) is 2.83. The largest absolute Gasteiger partial charge is 0.249 e. The lowest BCUT2D eigenvalue weighted by Gasteiger charge is -1.94. The van der Waals surface area contributed by atoms with Crippen molar-refractivity contribution in [1.29, 1.82) is 0 Å². The molecule has 0 aromatic carbocycles. The molecule has 0 atom stereocenters. The predicted molar refractivity (Wildman–Crippen MR) is 105 cm³/mol. The summed E-state index contributed by atoms with van der Waals surface area (Å²) in [6.45, 7) is 0. The Bertz CT molecular complexity index is 842. The van der Waals surface area contributed by atoms with Crippen molar-refractivity contribution in [3.05, 3.63) is 95.7 Å². The number of nitrogens with zero attached hydrogens (tertiary/aromatic N) is 4. The molecule has 5 rings (SSSR count). The highest BCUT2D eigenvalue weighted by Gasteiger charge is 2.11. The molecule has 0 saturated carbocycles. The van der Waals surface area contributed by atoms with E-state index in [0.29, 0.717) is 0 Å². The van der Waals surface area contributed by atoms with Crippen molar-refractivity contribution in [2.45, 2.75) is 7.43 Å². The molecular formula is C21H16N4. The van der Waals surface area contributed by atoms with Crippen LogP contribution >= 0.6 is 0 Å². The van der Waals surface area contributed by atoms with Gasteiger partial charge in [0, 0.05) is 0 Å². The number of fused-ring (bicyclic) bond motifs is 4. The van der Waals surface area contributed by atoms with Crippen LogP contribution in [-0.2, 0) is 0 Å². The van der Waals surface area contributed by atoms with Crippen LogP contribution in [-0.4, -0.2) is 22.8 Å². The third-order valence-corrected chi connectivity index (χ3v) is 3.92.